The summed E-state index contributed by atoms with van der Waals surface area (Å²) in [6.07, 6.45) is 4.74. The van der Waals surface area contributed by atoms with Crippen molar-refractivity contribution in [1.29, 1.82) is 0 Å². The van der Waals surface area contributed by atoms with Crippen LogP contribution < -0.4 is 9.47 Å². The summed E-state index contributed by atoms with van der Waals surface area (Å²) in [5, 5.41) is 10.7. The van der Waals surface area contributed by atoms with Crippen LogP contribution in [0.1, 0.15) is 37.4 Å². The molecule has 0 aliphatic heterocycles. The molecule has 20 heavy (non-hydrogen) atoms. The SMILES string of the molecule is COc1ccc(C(O)C2C3CCCCC32)c(OC)c1Br. The van der Waals surface area contributed by atoms with Crippen molar-refractivity contribution in [3.63, 3.8) is 0 Å². The van der Waals surface area contributed by atoms with Crippen LogP contribution in [-0.2, 0) is 0 Å². The Hall–Kier alpha value is -0.740. The van der Waals surface area contributed by atoms with Gasteiger partial charge in [-0.2, -0.15) is 0 Å². The van der Waals surface area contributed by atoms with E-state index in [9.17, 15) is 5.11 Å². The van der Waals surface area contributed by atoms with Gasteiger partial charge in [0, 0.05) is 5.56 Å². The number of aliphatic hydroxyl groups excluding tert-OH is 1. The summed E-state index contributed by atoms with van der Waals surface area (Å²) in [6.45, 7) is 0. The van der Waals surface area contributed by atoms with E-state index < -0.39 is 6.10 Å². The van der Waals surface area contributed by atoms with Gasteiger partial charge in [-0.05, 0) is 58.7 Å². The molecule has 0 spiro atoms. The van der Waals surface area contributed by atoms with E-state index in [1.54, 1.807) is 14.2 Å². The van der Waals surface area contributed by atoms with Crippen LogP contribution in [0.5, 0.6) is 11.5 Å². The number of rotatable bonds is 4. The molecule has 2 aliphatic rings. The summed E-state index contributed by atoms with van der Waals surface area (Å²) in [4.78, 5) is 0. The van der Waals surface area contributed by atoms with Crippen LogP contribution in [0.4, 0.5) is 0 Å². The standard InChI is InChI=1S/C16H21BrO3/c1-19-12-8-7-11(16(20-2)14(12)17)15(18)13-9-5-3-4-6-10(9)13/h7-10,13,15,18H,3-6H2,1-2H3. The second-order valence-electron chi connectivity index (χ2n) is 5.84. The van der Waals surface area contributed by atoms with Crippen LogP contribution in [0.25, 0.3) is 0 Å². The molecule has 0 heterocycles. The lowest BCUT2D eigenvalue weighted by molar-refractivity contribution is 0.138. The minimum atomic E-state index is -0.430. The van der Waals surface area contributed by atoms with Gasteiger partial charge in [0.15, 0.2) is 0 Å². The lowest BCUT2D eigenvalue weighted by Crippen LogP contribution is -2.06. The average Bonchev–Trinajstić information content (AvgIpc) is 3.20. The Morgan fingerprint density at radius 1 is 1.15 bits per heavy atom. The molecule has 2 aliphatic carbocycles. The Morgan fingerprint density at radius 2 is 1.80 bits per heavy atom. The fourth-order valence-corrected chi connectivity index (χ4v) is 4.56. The molecule has 1 N–H and O–H groups in total. The van der Waals surface area contributed by atoms with Gasteiger partial charge in [-0.1, -0.05) is 12.8 Å². The molecular formula is C16H21BrO3. The smallest absolute Gasteiger partial charge is 0.142 e. The Labute approximate surface area is 128 Å². The fraction of sp³-hybridized carbons (Fsp3) is 0.625. The average molecular weight is 341 g/mol. The molecule has 110 valence electrons. The minimum Gasteiger partial charge on any atom is -0.495 e. The number of halogens is 1. The zero-order chi connectivity index (χ0) is 14.3. The molecular weight excluding hydrogens is 320 g/mol. The molecule has 4 heteroatoms. The zero-order valence-electron chi connectivity index (χ0n) is 11.9. The number of aliphatic hydroxyl groups is 1. The number of benzene rings is 1. The molecule has 2 fully saturated rings. The van der Waals surface area contributed by atoms with Crippen molar-refractivity contribution in [3.8, 4) is 11.5 Å². The highest BCUT2D eigenvalue weighted by Crippen LogP contribution is 2.61. The normalized spacial score (nSPS) is 29.5. The van der Waals surface area contributed by atoms with Crippen molar-refractivity contribution in [3.05, 3.63) is 22.2 Å². The lowest BCUT2D eigenvalue weighted by Gasteiger charge is -2.18. The van der Waals surface area contributed by atoms with E-state index in [0.717, 1.165) is 15.8 Å². The third-order valence-corrected chi connectivity index (χ3v) is 5.67. The monoisotopic (exact) mass is 340 g/mol. The highest BCUT2D eigenvalue weighted by atomic mass is 79.9. The summed E-state index contributed by atoms with van der Waals surface area (Å²) in [6, 6.07) is 3.81. The predicted molar refractivity (Wildman–Crippen MR) is 81.1 cm³/mol. The molecule has 2 saturated carbocycles. The number of hydrogen-bond donors (Lipinski definition) is 1. The zero-order valence-corrected chi connectivity index (χ0v) is 13.5. The number of ether oxygens (including phenoxy) is 2. The van der Waals surface area contributed by atoms with Crippen molar-refractivity contribution in [2.75, 3.05) is 14.2 Å². The van der Waals surface area contributed by atoms with E-state index in [2.05, 4.69) is 15.9 Å². The van der Waals surface area contributed by atoms with Crippen molar-refractivity contribution >= 4 is 15.9 Å². The molecule has 1 aromatic carbocycles. The van der Waals surface area contributed by atoms with Gasteiger partial charge in [0.25, 0.3) is 0 Å². The Morgan fingerprint density at radius 3 is 2.35 bits per heavy atom. The molecule has 3 atom stereocenters. The summed E-state index contributed by atoms with van der Waals surface area (Å²) < 4.78 is 11.5. The Bertz CT molecular complexity index is 491. The maximum absolute atomic E-state index is 10.7. The minimum absolute atomic E-state index is 0.409. The molecule has 1 aromatic rings. The van der Waals surface area contributed by atoms with Gasteiger partial charge in [0.2, 0.25) is 0 Å². The fourth-order valence-electron chi connectivity index (χ4n) is 3.87. The Kier molecular flexibility index (Phi) is 3.95. The molecule has 3 rings (SSSR count). The quantitative estimate of drug-likeness (QED) is 0.902. The largest absolute Gasteiger partial charge is 0.495 e. The van der Waals surface area contributed by atoms with Crippen LogP contribution >= 0.6 is 15.9 Å². The van der Waals surface area contributed by atoms with E-state index in [0.29, 0.717) is 23.5 Å². The van der Waals surface area contributed by atoms with Gasteiger partial charge in [0.05, 0.1) is 20.3 Å². The van der Waals surface area contributed by atoms with Crippen LogP contribution in [0.15, 0.2) is 16.6 Å². The van der Waals surface area contributed by atoms with Gasteiger partial charge in [-0.3, -0.25) is 0 Å². The molecule has 0 radical (unpaired) electrons. The van der Waals surface area contributed by atoms with Gasteiger partial charge >= 0.3 is 0 Å². The van der Waals surface area contributed by atoms with Crippen LogP contribution in [0, 0.1) is 17.8 Å². The third kappa shape index (κ3) is 2.23. The first-order valence-corrected chi connectivity index (χ1v) is 8.06. The number of methoxy groups -OCH3 is 2. The van der Waals surface area contributed by atoms with Gasteiger partial charge in [-0.25, -0.2) is 0 Å². The van der Waals surface area contributed by atoms with E-state index in [4.69, 9.17) is 9.47 Å². The molecule has 0 amide bonds. The molecule has 0 saturated heterocycles. The van der Waals surface area contributed by atoms with Crippen molar-refractivity contribution in [1.82, 2.24) is 0 Å². The van der Waals surface area contributed by atoms with Crippen LogP contribution in [0.3, 0.4) is 0 Å². The van der Waals surface area contributed by atoms with E-state index in [1.165, 1.54) is 25.7 Å². The molecule has 3 unspecified atom stereocenters. The highest BCUT2D eigenvalue weighted by molar-refractivity contribution is 9.10. The summed E-state index contributed by atoms with van der Waals surface area (Å²) in [7, 11) is 3.26. The van der Waals surface area contributed by atoms with Crippen molar-refractivity contribution < 1.29 is 14.6 Å². The highest BCUT2D eigenvalue weighted by Gasteiger charge is 2.54. The maximum atomic E-state index is 10.7. The number of fused-ring (bicyclic) bond motifs is 1. The van der Waals surface area contributed by atoms with E-state index in [-0.39, 0.29) is 0 Å². The second kappa shape index (κ2) is 5.57. The first-order valence-electron chi connectivity index (χ1n) is 7.27. The molecule has 3 nitrogen and oxygen atoms in total. The second-order valence-corrected chi connectivity index (χ2v) is 6.63. The summed E-state index contributed by atoms with van der Waals surface area (Å²) in [5.41, 5.74) is 0.875. The van der Waals surface area contributed by atoms with Crippen molar-refractivity contribution in [2.45, 2.75) is 31.8 Å². The van der Waals surface area contributed by atoms with Crippen LogP contribution in [0.2, 0.25) is 0 Å². The Balaban J connectivity index is 1.88. The summed E-state index contributed by atoms with van der Waals surface area (Å²) in [5.74, 6) is 3.26. The lowest BCUT2D eigenvalue weighted by atomic mass is 10.0. The predicted octanol–water partition coefficient (Wildman–Crippen LogP) is 3.94. The first-order chi connectivity index (χ1) is 9.69. The van der Waals surface area contributed by atoms with E-state index >= 15 is 0 Å². The van der Waals surface area contributed by atoms with Gasteiger partial charge in [-0.15, -0.1) is 0 Å². The maximum Gasteiger partial charge on any atom is 0.142 e. The van der Waals surface area contributed by atoms with Gasteiger partial charge < -0.3 is 14.6 Å². The van der Waals surface area contributed by atoms with E-state index in [1.807, 2.05) is 12.1 Å². The summed E-state index contributed by atoms with van der Waals surface area (Å²) >= 11 is 3.51. The topological polar surface area (TPSA) is 38.7 Å². The number of hydrogen-bond acceptors (Lipinski definition) is 3. The van der Waals surface area contributed by atoms with Gasteiger partial charge in [0.1, 0.15) is 16.0 Å². The van der Waals surface area contributed by atoms with Crippen molar-refractivity contribution in [2.24, 2.45) is 17.8 Å². The third-order valence-electron chi connectivity index (χ3n) is 4.92. The molecule has 0 aromatic heterocycles. The molecule has 0 bridgehead atoms. The first kappa shape index (κ1) is 14.2. The van der Waals surface area contributed by atoms with Crippen LogP contribution in [-0.4, -0.2) is 19.3 Å².